The van der Waals surface area contributed by atoms with Gasteiger partial charge >= 0.3 is 6.09 Å². The van der Waals surface area contributed by atoms with E-state index in [9.17, 15) is 4.79 Å². The highest BCUT2D eigenvalue weighted by Crippen LogP contribution is 2.20. The van der Waals surface area contributed by atoms with Gasteiger partial charge in [0.1, 0.15) is 0 Å². The summed E-state index contributed by atoms with van der Waals surface area (Å²) in [5, 5.41) is 0. The Morgan fingerprint density at radius 1 is 1.50 bits per heavy atom. The van der Waals surface area contributed by atoms with E-state index in [0.29, 0.717) is 18.6 Å². The third-order valence-corrected chi connectivity index (χ3v) is 2.50. The van der Waals surface area contributed by atoms with Crippen LogP contribution in [-0.2, 0) is 4.74 Å². The molecule has 1 aliphatic heterocycles. The molecule has 0 radical (unpaired) electrons. The van der Waals surface area contributed by atoms with Crippen molar-refractivity contribution in [2.24, 2.45) is 5.92 Å². The standard InChI is InChI=1S/C9H17NO2/c1-6(2)10-8(4)7(3)5-12-9(10)11/h6-8H,5H2,1-4H3. The lowest BCUT2D eigenvalue weighted by atomic mass is 10.0. The number of ether oxygens (including phenoxy) is 1. The first-order valence-corrected chi connectivity index (χ1v) is 4.49. The van der Waals surface area contributed by atoms with E-state index < -0.39 is 0 Å². The Balaban J connectivity index is 2.72. The summed E-state index contributed by atoms with van der Waals surface area (Å²) in [5.41, 5.74) is 0. The van der Waals surface area contributed by atoms with E-state index in [0.717, 1.165) is 0 Å². The lowest BCUT2D eigenvalue weighted by molar-refractivity contribution is 0.00625. The molecular formula is C9H17NO2. The molecule has 0 aromatic rings. The molecule has 0 aliphatic carbocycles. The molecule has 1 saturated heterocycles. The molecule has 1 heterocycles. The predicted molar refractivity (Wildman–Crippen MR) is 46.9 cm³/mol. The van der Waals surface area contributed by atoms with E-state index >= 15 is 0 Å². The average molecular weight is 171 g/mol. The van der Waals surface area contributed by atoms with Crippen LogP contribution in [0.1, 0.15) is 27.7 Å². The maximum Gasteiger partial charge on any atom is 0.410 e. The van der Waals surface area contributed by atoms with Crippen molar-refractivity contribution in [3.63, 3.8) is 0 Å². The van der Waals surface area contributed by atoms with Crippen LogP contribution in [0.3, 0.4) is 0 Å². The lowest BCUT2D eigenvalue weighted by Gasteiger charge is -2.39. The Morgan fingerprint density at radius 3 is 2.50 bits per heavy atom. The summed E-state index contributed by atoms with van der Waals surface area (Å²) in [7, 11) is 0. The first-order valence-electron chi connectivity index (χ1n) is 4.49. The highest BCUT2D eigenvalue weighted by Gasteiger charge is 2.33. The number of cyclic esters (lactones) is 1. The molecule has 3 heteroatoms. The number of hydrogen-bond acceptors (Lipinski definition) is 2. The van der Waals surface area contributed by atoms with Crippen LogP contribution in [0.5, 0.6) is 0 Å². The highest BCUT2D eigenvalue weighted by atomic mass is 16.6. The first kappa shape index (κ1) is 9.36. The predicted octanol–water partition coefficient (Wildman–Crippen LogP) is 1.87. The van der Waals surface area contributed by atoms with Gasteiger partial charge in [0.2, 0.25) is 0 Å². The summed E-state index contributed by atoms with van der Waals surface area (Å²) >= 11 is 0. The molecule has 0 aromatic carbocycles. The van der Waals surface area contributed by atoms with Gasteiger partial charge in [-0.25, -0.2) is 4.79 Å². The number of rotatable bonds is 1. The maximum atomic E-state index is 11.3. The van der Waals surface area contributed by atoms with E-state index in [1.165, 1.54) is 0 Å². The molecule has 1 rings (SSSR count). The summed E-state index contributed by atoms with van der Waals surface area (Å²) < 4.78 is 5.02. The highest BCUT2D eigenvalue weighted by molar-refractivity contribution is 5.69. The third-order valence-electron chi connectivity index (χ3n) is 2.50. The summed E-state index contributed by atoms with van der Waals surface area (Å²) in [6, 6.07) is 0.529. The molecule has 1 aliphatic rings. The van der Waals surface area contributed by atoms with Crippen LogP contribution >= 0.6 is 0 Å². The topological polar surface area (TPSA) is 29.5 Å². The minimum atomic E-state index is -0.171. The summed E-state index contributed by atoms with van der Waals surface area (Å²) in [6.45, 7) is 8.76. The Labute approximate surface area is 73.7 Å². The zero-order valence-corrected chi connectivity index (χ0v) is 8.20. The van der Waals surface area contributed by atoms with Crippen molar-refractivity contribution in [2.45, 2.75) is 39.8 Å². The molecule has 1 amide bonds. The van der Waals surface area contributed by atoms with Crippen LogP contribution in [0, 0.1) is 5.92 Å². The molecule has 2 atom stereocenters. The zero-order valence-electron chi connectivity index (χ0n) is 8.20. The summed E-state index contributed by atoms with van der Waals surface area (Å²) in [5.74, 6) is 0.435. The van der Waals surface area contributed by atoms with E-state index in [1.807, 2.05) is 13.8 Å². The second-order valence-corrected chi connectivity index (χ2v) is 3.80. The largest absolute Gasteiger partial charge is 0.449 e. The fraction of sp³-hybridized carbons (Fsp3) is 0.889. The molecule has 0 saturated carbocycles. The van der Waals surface area contributed by atoms with Gasteiger partial charge in [-0.1, -0.05) is 6.92 Å². The fourth-order valence-electron chi connectivity index (χ4n) is 1.54. The normalized spacial score (nSPS) is 30.8. The van der Waals surface area contributed by atoms with Crippen molar-refractivity contribution >= 4 is 6.09 Å². The average Bonchev–Trinajstić information content (AvgIpc) is 1.97. The lowest BCUT2D eigenvalue weighted by Crippen LogP contribution is -2.51. The number of carbonyl (C=O) groups is 1. The van der Waals surface area contributed by atoms with E-state index in [2.05, 4.69) is 13.8 Å². The van der Waals surface area contributed by atoms with Crippen LogP contribution < -0.4 is 0 Å². The number of carbonyl (C=O) groups excluding carboxylic acids is 1. The third kappa shape index (κ3) is 1.54. The minimum Gasteiger partial charge on any atom is -0.449 e. The van der Waals surface area contributed by atoms with Crippen LogP contribution in [-0.4, -0.2) is 29.7 Å². The second kappa shape index (κ2) is 3.33. The monoisotopic (exact) mass is 171 g/mol. The number of nitrogens with zero attached hydrogens (tertiary/aromatic N) is 1. The Hall–Kier alpha value is -0.730. The number of hydrogen-bond donors (Lipinski definition) is 0. The van der Waals surface area contributed by atoms with Crippen molar-refractivity contribution in [1.29, 1.82) is 0 Å². The summed E-state index contributed by atoms with van der Waals surface area (Å²) in [6.07, 6.45) is -0.171. The van der Waals surface area contributed by atoms with Gasteiger partial charge in [-0.05, 0) is 20.8 Å². The Bertz CT molecular complexity index is 179. The van der Waals surface area contributed by atoms with Gasteiger partial charge in [-0.3, -0.25) is 0 Å². The molecule has 0 spiro atoms. The van der Waals surface area contributed by atoms with Crippen LogP contribution in [0.2, 0.25) is 0 Å². The smallest absolute Gasteiger partial charge is 0.410 e. The van der Waals surface area contributed by atoms with Crippen molar-refractivity contribution in [1.82, 2.24) is 4.90 Å². The fourth-order valence-corrected chi connectivity index (χ4v) is 1.54. The van der Waals surface area contributed by atoms with E-state index in [4.69, 9.17) is 4.74 Å². The van der Waals surface area contributed by atoms with Crippen LogP contribution in [0.15, 0.2) is 0 Å². The van der Waals surface area contributed by atoms with Crippen molar-refractivity contribution < 1.29 is 9.53 Å². The van der Waals surface area contributed by atoms with Gasteiger partial charge < -0.3 is 9.64 Å². The SMILES string of the molecule is CC1COC(=O)N(C(C)C)C1C. The van der Waals surface area contributed by atoms with Gasteiger partial charge in [0.25, 0.3) is 0 Å². The molecule has 0 aromatic heterocycles. The summed E-state index contributed by atoms with van der Waals surface area (Å²) in [4.78, 5) is 13.1. The van der Waals surface area contributed by atoms with E-state index in [1.54, 1.807) is 4.90 Å². The quantitative estimate of drug-likeness (QED) is 0.602. The van der Waals surface area contributed by atoms with Gasteiger partial charge in [0, 0.05) is 18.0 Å². The molecule has 3 nitrogen and oxygen atoms in total. The van der Waals surface area contributed by atoms with Crippen LogP contribution in [0.25, 0.3) is 0 Å². The molecule has 1 fully saturated rings. The van der Waals surface area contributed by atoms with Gasteiger partial charge in [-0.15, -0.1) is 0 Å². The zero-order chi connectivity index (χ0) is 9.30. The molecule has 2 unspecified atom stereocenters. The Morgan fingerprint density at radius 2 is 2.08 bits per heavy atom. The second-order valence-electron chi connectivity index (χ2n) is 3.80. The minimum absolute atomic E-state index is 0.171. The molecular weight excluding hydrogens is 154 g/mol. The molecule has 12 heavy (non-hydrogen) atoms. The van der Waals surface area contributed by atoms with Gasteiger partial charge in [-0.2, -0.15) is 0 Å². The number of amides is 1. The molecule has 0 bridgehead atoms. The van der Waals surface area contributed by atoms with Crippen molar-refractivity contribution in [3.8, 4) is 0 Å². The van der Waals surface area contributed by atoms with Crippen molar-refractivity contribution in [2.75, 3.05) is 6.61 Å². The maximum absolute atomic E-state index is 11.3. The van der Waals surface area contributed by atoms with Crippen molar-refractivity contribution in [3.05, 3.63) is 0 Å². The van der Waals surface area contributed by atoms with Crippen LogP contribution in [0.4, 0.5) is 4.79 Å². The van der Waals surface area contributed by atoms with Gasteiger partial charge in [0.15, 0.2) is 0 Å². The Kier molecular flexibility index (Phi) is 2.60. The van der Waals surface area contributed by atoms with E-state index in [-0.39, 0.29) is 12.1 Å². The molecule has 70 valence electrons. The molecule has 0 N–H and O–H groups in total. The first-order chi connectivity index (χ1) is 5.54. The van der Waals surface area contributed by atoms with Gasteiger partial charge in [0.05, 0.1) is 6.61 Å².